The second-order valence-electron chi connectivity index (χ2n) is 2.48. The molecule has 0 saturated heterocycles. The maximum absolute atomic E-state index is 5.73. The summed E-state index contributed by atoms with van der Waals surface area (Å²) in [5.74, 6) is 0. The summed E-state index contributed by atoms with van der Waals surface area (Å²) < 4.78 is 13.7. The summed E-state index contributed by atoms with van der Waals surface area (Å²) in [6.07, 6.45) is 0. The van der Waals surface area contributed by atoms with E-state index in [4.69, 9.17) is 6.64 Å². The van der Waals surface area contributed by atoms with Crippen molar-refractivity contribution >= 4 is 0 Å². The van der Waals surface area contributed by atoms with Crippen molar-refractivity contribution in [2.24, 2.45) is 0 Å². The van der Waals surface area contributed by atoms with Crippen molar-refractivity contribution in [3.63, 3.8) is 0 Å². The summed E-state index contributed by atoms with van der Waals surface area (Å²) >= 11 is -2.24. The van der Waals surface area contributed by atoms with Gasteiger partial charge in [-0.3, -0.25) is 0 Å². The minimum atomic E-state index is -2.24. The molecule has 0 aliphatic heterocycles. The first-order valence-electron chi connectivity index (χ1n) is 4.52. The van der Waals surface area contributed by atoms with E-state index in [0.717, 1.165) is 22.7 Å². The van der Waals surface area contributed by atoms with E-state index in [1.165, 1.54) is 0 Å². The number of hydrogen-bond donors (Lipinski definition) is 0. The fraction of sp³-hybridized carbons (Fsp3) is 1.00. The fourth-order valence-electron chi connectivity index (χ4n) is 1.23. The molecule has 2 nitrogen and oxygen atoms in total. The maximum atomic E-state index is 5.73. The third-order valence-corrected chi connectivity index (χ3v) is 7.80. The van der Waals surface area contributed by atoms with Gasteiger partial charge in [-0.05, 0) is 0 Å². The van der Waals surface area contributed by atoms with Crippen LogP contribution in [-0.2, 0) is 24.0 Å². The Labute approximate surface area is 74.6 Å². The van der Waals surface area contributed by atoms with Crippen LogP contribution in [-0.4, -0.2) is 13.2 Å². The van der Waals surface area contributed by atoms with Gasteiger partial charge in [0.1, 0.15) is 0 Å². The molecular weight excluding hydrogens is 176 g/mol. The molecule has 0 aromatic heterocycles. The molecule has 0 amide bonds. The summed E-state index contributed by atoms with van der Waals surface area (Å²) in [6.45, 7) is 10.1. The molecule has 3 heteroatoms. The SMILES string of the molecule is CC[O][Ti]([CH2]C)([CH2]C)[O]CC. The minimum absolute atomic E-state index is 0.807. The standard InChI is InChI=1S/2C2H5O.2C2H5.Ti/c2*1-2-3;2*1-2;/h2*2H2,1H3;2*1H2,2H3;/q2*-1;;;+2. The first-order chi connectivity index (χ1) is 5.24. The van der Waals surface area contributed by atoms with Gasteiger partial charge in [0, 0.05) is 0 Å². The van der Waals surface area contributed by atoms with Crippen LogP contribution in [0.4, 0.5) is 0 Å². The fourth-order valence-corrected chi connectivity index (χ4v) is 5.05. The Morgan fingerprint density at radius 2 is 1.18 bits per heavy atom. The van der Waals surface area contributed by atoms with Gasteiger partial charge in [-0.2, -0.15) is 0 Å². The van der Waals surface area contributed by atoms with Crippen molar-refractivity contribution in [1.29, 1.82) is 0 Å². The monoisotopic (exact) mass is 196 g/mol. The average molecular weight is 196 g/mol. The van der Waals surface area contributed by atoms with E-state index in [-0.39, 0.29) is 0 Å². The first kappa shape index (κ1) is 11.6. The second-order valence-corrected chi connectivity index (χ2v) is 8.44. The van der Waals surface area contributed by atoms with Crippen LogP contribution < -0.4 is 0 Å². The molecule has 0 fully saturated rings. The third-order valence-electron chi connectivity index (χ3n) is 1.89. The molecule has 68 valence electrons. The van der Waals surface area contributed by atoms with E-state index in [1.54, 1.807) is 0 Å². The Balaban J connectivity index is 3.96. The zero-order valence-electron chi connectivity index (χ0n) is 8.14. The predicted molar refractivity (Wildman–Crippen MR) is 44.2 cm³/mol. The van der Waals surface area contributed by atoms with Gasteiger partial charge >= 0.3 is 74.4 Å². The van der Waals surface area contributed by atoms with Crippen molar-refractivity contribution in [2.75, 3.05) is 13.2 Å². The van der Waals surface area contributed by atoms with Gasteiger partial charge in [0.05, 0.1) is 0 Å². The topological polar surface area (TPSA) is 18.5 Å². The molecule has 0 saturated carbocycles. The van der Waals surface area contributed by atoms with Crippen LogP contribution in [0.5, 0.6) is 0 Å². The van der Waals surface area contributed by atoms with Gasteiger partial charge in [0.15, 0.2) is 0 Å². The van der Waals surface area contributed by atoms with Gasteiger partial charge in [-0.15, -0.1) is 0 Å². The van der Waals surface area contributed by atoms with Crippen LogP contribution in [0.2, 0.25) is 9.45 Å². The molecule has 0 aliphatic rings. The van der Waals surface area contributed by atoms with Gasteiger partial charge in [0.2, 0.25) is 0 Å². The molecule has 11 heavy (non-hydrogen) atoms. The summed E-state index contributed by atoms with van der Waals surface area (Å²) in [5, 5.41) is 0. The van der Waals surface area contributed by atoms with E-state index < -0.39 is 17.4 Å². The molecule has 0 spiro atoms. The van der Waals surface area contributed by atoms with Crippen LogP contribution in [0.3, 0.4) is 0 Å². The average Bonchev–Trinajstić information content (AvgIpc) is 2.04. The summed E-state index contributed by atoms with van der Waals surface area (Å²) in [6, 6.07) is 0. The van der Waals surface area contributed by atoms with E-state index in [2.05, 4.69) is 13.8 Å². The molecular formula is C8H20O2Ti. The quantitative estimate of drug-likeness (QED) is 0.608. The molecule has 0 atom stereocenters. The van der Waals surface area contributed by atoms with E-state index in [0.29, 0.717) is 0 Å². The Morgan fingerprint density at radius 1 is 0.818 bits per heavy atom. The summed E-state index contributed by atoms with van der Waals surface area (Å²) in [5.41, 5.74) is 0. The second kappa shape index (κ2) is 6.18. The Kier molecular flexibility index (Phi) is 6.54. The number of rotatable bonds is 6. The zero-order valence-corrected chi connectivity index (χ0v) is 9.71. The molecule has 0 bridgehead atoms. The molecule has 0 unspecified atom stereocenters. The van der Waals surface area contributed by atoms with Gasteiger partial charge < -0.3 is 0 Å². The molecule has 0 aromatic carbocycles. The molecule has 0 aromatic rings. The molecule has 0 N–H and O–H groups in total. The van der Waals surface area contributed by atoms with Gasteiger partial charge in [0.25, 0.3) is 0 Å². The molecule has 0 rings (SSSR count). The van der Waals surface area contributed by atoms with E-state index in [9.17, 15) is 0 Å². The van der Waals surface area contributed by atoms with Crippen molar-refractivity contribution in [1.82, 2.24) is 0 Å². The van der Waals surface area contributed by atoms with Crippen molar-refractivity contribution in [2.45, 2.75) is 37.1 Å². The van der Waals surface area contributed by atoms with Crippen molar-refractivity contribution in [3.05, 3.63) is 0 Å². The first-order valence-corrected chi connectivity index (χ1v) is 8.00. The summed E-state index contributed by atoms with van der Waals surface area (Å²) in [7, 11) is 0. The molecule has 0 radical (unpaired) electrons. The molecule has 0 heterocycles. The van der Waals surface area contributed by atoms with Crippen LogP contribution in [0.15, 0.2) is 0 Å². The van der Waals surface area contributed by atoms with E-state index in [1.807, 2.05) is 13.8 Å². The van der Waals surface area contributed by atoms with Crippen LogP contribution in [0, 0.1) is 0 Å². The van der Waals surface area contributed by atoms with Gasteiger partial charge in [-0.1, -0.05) is 0 Å². The Bertz CT molecular complexity index is 84.1. The normalized spacial score (nSPS) is 12.0. The Hall–Kier alpha value is 0.634. The van der Waals surface area contributed by atoms with Crippen molar-refractivity contribution in [3.8, 4) is 0 Å². The van der Waals surface area contributed by atoms with Crippen molar-refractivity contribution < 1.29 is 24.0 Å². The predicted octanol–water partition coefficient (Wildman–Crippen LogP) is 2.92. The van der Waals surface area contributed by atoms with Crippen LogP contribution in [0.1, 0.15) is 27.7 Å². The zero-order chi connectivity index (χ0) is 8.74. The van der Waals surface area contributed by atoms with Crippen LogP contribution in [0.25, 0.3) is 0 Å². The molecule has 0 aliphatic carbocycles. The Morgan fingerprint density at radius 3 is 1.36 bits per heavy atom. The number of hydrogen-bond acceptors (Lipinski definition) is 2. The van der Waals surface area contributed by atoms with Crippen LogP contribution >= 0.6 is 0 Å². The van der Waals surface area contributed by atoms with E-state index >= 15 is 0 Å². The summed E-state index contributed by atoms with van der Waals surface area (Å²) in [4.78, 5) is 0. The third kappa shape index (κ3) is 3.70. The van der Waals surface area contributed by atoms with Gasteiger partial charge in [-0.25, -0.2) is 0 Å².